The molecule has 0 aromatic carbocycles. The summed E-state index contributed by atoms with van der Waals surface area (Å²) in [5.41, 5.74) is 1.49. The van der Waals surface area contributed by atoms with Gasteiger partial charge in [0, 0.05) is 16.9 Å². The first-order chi connectivity index (χ1) is 8.61. The van der Waals surface area contributed by atoms with Crippen molar-refractivity contribution in [3.63, 3.8) is 0 Å². The maximum atomic E-state index is 12.0. The topological polar surface area (TPSA) is 54.9 Å². The minimum Gasteiger partial charge on any atom is -0.298 e. The maximum absolute atomic E-state index is 12.0. The Balaban J connectivity index is 2.19. The molecule has 0 saturated carbocycles. The Morgan fingerprint density at radius 1 is 1.56 bits per heavy atom. The molecule has 0 fully saturated rings. The molecule has 0 aliphatic carbocycles. The summed E-state index contributed by atoms with van der Waals surface area (Å²) >= 11 is 6.40. The van der Waals surface area contributed by atoms with Gasteiger partial charge in [-0.3, -0.25) is 15.1 Å². The van der Waals surface area contributed by atoms with Gasteiger partial charge in [0.15, 0.2) is 5.13 Å². The lowest BCUT2D eigenvalue weighted by Gasteiger charge is -2.02. The van der Waals surface area contributed by atoms with Crippen molar-refractivity contribution >= 4 is 50.1 Å². The fraction of sp³-hybridized carbons (Fsp3) is 0.182. The Morgan fingerprint density at radius 2 is 2.33 bits per heavy atom. The lowest BCUT2D eigenvalue weighted by molar-refractivity contribution is 0.102. The molecular weight excluding hydrogens is 334 g/mol. The number of amides is 1. The summed E-state index contributed by atoms with van der Waals surface area (Å²) in [6, 6.07) is 1.66. The molecule has 0 bridgehead atoms. The van der Waals surface area contributed by atoms with E-state index in [4.69, 9.17) is 0 Å². The molecular formula is C11H10BrN3OS2. The largest absolute Gasteiger partial charge is 0.298 e. The fourth-order valence-corrected chi connectivity index (χ4v) is 3.39. The molecule has 0 spiro atoms. The van der Waals surface area contributed by atoms with Gasteiger partial charge in [-0.25, -0.2) is 4.98 Å². The number of thiazole rings is 1. The van der Waals surface area contributed by atoms with Crippen LogP contribution in [0.5, 0.6) is 0 Å². The van der Waals surface area contributed by atoms with Crippen LogP contribution in [0.3, 0.4) is 0 Å². The summed E-state index contributed by atoms with van der Waals surface area (Å²) in [4.78, 5) is 20.3. The van der Waals surface area contributed by atoms with Crippen LogP contribution in [-0.4, -0.2) is 22.1 Å². The highest BCUT2D eigenvalue weighted by molar-refractivity contribution is 9.10. The number of carbonyl (C=O) groups excluding carboxylic acids is 1. The molecule has 2 heterocycles. The second-order valence-corrected chi connectivity index (χ2v) is 6.33. The number of thioether (sulfide) groups is 1. The number of hydrogen-bond acceptors (Lipinski definition) is 5. The average Bonchev–Trinajstić information content (AvgIpc) is 2.69. The molecule has 4 nitrogen and oxygen atoms in total. The summed E-state index contributed by atoms with van der Waals surface area (Å²) < 4.78 is 1.78. The molecule has 1 N–H and O–H groups in total. The summed E-state index contributed by atoms with van der Waals surface area (Å²) in [7, 11) is 0. The third-order valence-electron chi connectivity index (χ3n) is 2.18. The zero-order chi connectivity index (χ0) is 13.1. The first kappa shape index (κ1) is 13.5. The number of carbonyl (C=O) groups is 1. The Bertz CT molecular complexity index is 585. The van der Waals surface area contributed by atoms with E-state index in [-0.39, 0.29) is 5.91 Å². The lowest BCUT2D eigenvalue weighted by Crippen LogP contribution is -2.12. The molecule has 1 amide bonds. The summed E-state index contributed by atoms with van der Waals surface area (Å²) in [5.74, 6) is -0.189. The molecule has 0 atom stereocenters. The van der Waals surface area contributed by atoms with Gasteiger partial charge in [0.25, 0.3) is 5.91 Å². The highest BCUT2D eigenvalue weighted by atomic mass is 79.9. The number of halogens is 1. The number of nitrogens with zero attached hydrogens (tertiary/aromatic N) is 2. The second-order valence-electron chi connectivity index (χ2n) is 3.41. The minimum atomic E-state index is -0.189. The van der Waals surface area contributed by atoms with E-state index < -0.39 is 0 Å². The third kappa shape index (κ3) is 2.90. The molecule has 0 radical (unpaired) electrons. The van der Waals surface area contributed by atoms with Crippen LogP contribution >= 0.6 is 39.0 Å². The number of pyridine rings is 1. The van der Waals surface area contributed by atoms with E-state index in [1.807, 2.05) is 13.2 Å². The van der Waals surface area contributed by atoms with Gasteiger partial charge in [0.05, 0.1) is 15.5 Å². The van der Waals surface area contributed by atoms with E-state index in [1.165, 1.54) is 11.3 Å². The highest BCUT2D eigenvalue weighted by Crippen LogP contribution is 2.30. The van der Waals surface area contributed by atoms with Gasteiger partial charge in [-0.15, -0.1) is 11.8 Å². The Hall–Kier alpha value is -0.920. The predicted octanol–water partition coefficient (Wildman–Crippen LogP) is 3.58. The molecule has 0 aliphatic heterocycles. The summed E-state index contributed by atoms with van der Waals surface area (Å²) in [6.07, 6.45) is 5.17. The first-order valence-corrected chi connectivity index (χ1v) is 7.87. The number of rotatable bonds is 3. The van der Waals surface area contributed by atoms with Crippen LogP contribution < -0.4 is 5.32 Å². The van der Waals surface area contributed by atoms with Crippen molar-refractivity contribution in [2.45, 2.75) is 11.1 Å². The molecule has 2 rings (SSSR count). The number of aryl methyl sites for hydroxylation is 1. The fourth-order valence-electron chi connectivity index (χ4n) is 1.35. The van der Waals surface area contributed by atoms with Gasteiger partial charge in [-0.1, -0.05) is 11.3 Å². The maximum Gasteiger partial charge on any atom is 0.258 e. The number of aromatic nitrogens is 2. The Morgan fingerprint density at radius 3 is 2.94 bits per heavy atom. The molecule has 0 aliphatic rings. The van der Waals surface area contributed by atoms with Crippen molar-refractivity contribution in [3.05, 3.63) is 34.2 Å². The van der Waals surface area contributed by atoms with Crippen LogP contribution in [-0.2, 0) is 0 Å². The monoisotopic (exact) mass is 343 g/mol. The number of nitrogens with one attached hydrogen (secondary N) is 1. The summed E-state index contributed by atoms with van der Waals surface area (Å²) in [5, 5.41) is 3.41. The SMILES string of the molecule is CSc1sc(NC(=O)c2ccncc2Br)nc1C. The molecule has 7 heteroatoms. The van der Waals surface area contributed by atoms with E-state index in [9.17, 15) is 4.79 Å². The van der Waals surface area contributed by atoms with E-state index >= 15 is 0 Å². The van der Waals surface area contributed by atoms with Crippen LogP contribution in [0.15, 0.2) is 27.1 Å². The van der Waals surface area contributed by atoms with Crippen LogP contribution in [0, 0.1) is 6.92 Å². The Labute approximate surface area is 121 Å². The van der Waals surface area contributed by atoms with Gasteiger partial charge >= 0.3 is 0 Å². The minimum absolute atomic E-state index is 0.189. The third-order valence-corrected chi connectivity index (χ3v) is 5.09. The van der Waals surface area contributed by atoms with Gasteiger partial charge in [-0.2, -0.15) is 0 Å². The molecule has 94 valence electrons. The second kappa shape index (κ2) is 5.81. The normalized spacial score (nSPS) is 10.4. The van der Waals surface area contributed by atoms with Crippen LogP contribution in [0.4, 0.5) is 5.13 Å². The van der Waals surface area contributed by atoms with Crippen molar-refractivity contribution in [1.82, 2.24) is 9.97 Å². The zero-order valence-electron chi connectivity index (χ0n) is 9.73. The van der Waals surface area contributed by atoms with Crippen LogP contribution in [0.2, 0.25) is 0 Å². The number of anilines is 1. The van der Waals surface area contributed by atoms with Crippen molar-refractivity contribution in [2.24, 2.45) is 0 Å². The van der Waals surface area contributed by atoms with E-state index in [1.54, 1.807) is 30.2 Å². The molecule has 18 heavy (non-hydrogen) atoms. The van der Waals surface area contributed by atoms with Crippen molar-refractivity contribution in [1.29, 1.82) is 0 Å². The Kier molecular flexibility index (Phi) is 4.36. The van der Waals surface area contributed by atoms with Crippen LogP contribution in [0.1, 0.15) is 16.1 Å². The van der Waals surface area contributed by atoms with Gasteiger partial charge in [0.1, 0.15) is 0 Å². The molecule has 2 aromatic rings. The predicted molar refractivity (Wildman–Crippen MR) is 78.5 cm³/mol. The van der Waals surface area contributed by atoms with Crippen molar-refractivity contribution in [3.8, 4) is 0 Å². The van der Waals surface area contributed by atoms with Crippen LogP contribution in [0.25, 0.3) is 0 Å². The zero-order valence-corrected chi connectivity index (χ0v) is 12.9. The smallest absolute Gasteiger partial charge is 0.258 e. The number of hydrogen-bond donors (Lipinski definition) is 1. The van der Waals surface area contributed by atoms with E-state index in [2.05, 4.69) is 31.2 Å². The van der Waals surface area contributed by atoms with Crippen molar-refractivity contribution in [2.75, 3.05) is 11.6 Å². The van der Waals surface area contributed by atoms with E-state index in [0.29, 0.717) is 15.2 Å². The van der Waals surface area contributed by atoms with Gasteiger partial charge < -0.3 is 0 Å². The molecule has 0 unspecified atom stereocenters. The molecule has 0 saturated heterocycles. The van der Waals surface area contributed by atoms with Crippen molar-refractivity contribution < 1.29 is 4.79 Å². The lowest BCUT2D eigenvalue weighted by atomic mass is 10.2. The average molecular weight is 344 g/mol. The molecule has 2 aromatic heterocycles. The standard InChI is InChI=1S/C11H10BrN3OS2/c1-6-10(17-2)18-11(14-6)15-9(16)7-3-4-13-5-8(7)12/h3-5H,1-2H3,(H,14,15,16). The highest BCUT2D eigenvalue weighted by Gasteiger charge is 2.13. The van der Waals surface area contributed by atoms with Gasteiger partial charge in [0.2, 0.25) is 0 Å². The first-order valence-electron chi connectivity index (χ1n) is 5.04. The summed E-state index contributed by atoms with van der Waals surface area (Å²) in [6.45, 7) is 1.93. The van der Waals surface area contributed by atoms with Gasteiger partial charge in [-0.05, 0) is 35.2 Å². The van der Waals surface area contributed by atoms with E-state index in [0.717, 1.165) is 9.90 Å². The quantitative estimate of drug-likeness (QED) is 0.865.